The van der Waals surface area contributed by atoms with Crippen molar-refractivity contribution in [2.45, 2.75) is 13.8 Å². The maximum absolute atomic E-state index is 6.14. The zero-order valence-corrected chi connectivity index (χ0v) is 12.5. The first kappa shape index (κ1) is 12.9. The Morgan fingerprint density at radius 1 is 0.750 bits per heavy atom. The van der Waals surface area contributed by atoms with E-state index < -0.39 is 0 Å². The number of anilines is 1. The average Bonchev–Trinajstić information content (AvgIpc) is 2.73. The number of rotatable bonds is 2. The van der Waals surface area contributed by atoms with Gasteiger partial charge in [-0.2, -0.15) is 0 Å². The number of hydrogen-bond donors (Lipinski definition) is 1. The highest BCUT2D eigenvalue weighted by molar-refractivity contribution is 7.16. The summed E-state index contributed by atoms with van der Waals surface area (Å²) in [6, 6.07) is 19.1. The zero-order chi connectivity index (χ0) is 14.1. The Hall–Kier alpha value is -2.06. The van der Waals surface area contributed by atoms with Gasteiger partial charge in [-0.25, -0.2) is 0 Å². The number of benzene rings is 2. The molecule has 2 N–H and O–H groups in total. The molecule has 0 bridgehead atoms. The lowest BCUT2D eigenvalue weighted by Gasteiger charge is -2.06. The summed E-state index contributed by atoms with van der Waals surface area (Å²) in [4.78, 5) is 1.30. The molecular formula is C18H17NS. The minimum atomic E-state index is 0.910. The maximum Gasteiger partial charge on any atom is 0.0941 e. The van der Waals surface area contributed by atoms with Gasteiger partial charge in [0.25, 0.3) is 0 Å². The summed E-state index contributed by atoms with van der Waals surface area (Å²) >= 11 is 1.67. The fraction of sp³-hybridized carbons (Fsp3) is 0.111. The van der Waals surface area contributed by atoms with E-state index in [-0.39, 0.29) is 0 Å². The van der Waals surface area contributed by atoms with Gasteiger partial charge in [-0.1, -0.05) is 54.6 Å². The number of nitrogen functional groups attached to an aromatic ring is 1. The van der Waals surface area contributed by atoms with E-state index in [4.69, 9.17) is 5.73 Å². The van der Waals surface area contributed by atoms with E-state index in [1.807, 2.05) is 6.07 Å². The van der Waals surface area contributed by atoms with Crippen LogP contribution in [-0.2, 0) is 0 Å². The molecule has 100 valence electrons. The van der Waals surface area contributed by atoms with E-state index in [2.05, 4.69) is 62.4 Å². The number of thiophene rings is 1. The first-order chi connectivity index (χ1) is 9.66. The van der Waals surface area contributed by atoms with Crippen molar-refractivity contribution in [2.24, 2.45) is 0 Å². The molecule has 0 spiro atoms. The molecule has 2 aromatic carbocycles. The first-order valence-electron chi connectivity index (χ1n) is 6.68. The molecule has 20 heavy (non-hydrogen) atoms. The Labute approximate surface area is 123 Å². The average molecular weight is 279 g/mol. The summed E-state index contributed by atoms with van der Waals surface area (Å²) in [5.41, 5.74) is 12.3. The Bertz CT molecular complexity index is 724. The second-order valence-electron chi connectivity index (χ2n) is 4.97. The minimum Gasteiger partial charge on any atom is -0.390 e. The third-order valence-corrected chi connectivity index (χ3v) is 4.73. The molecule has 0 radical (unpaired) electrons. The number of aryl methyl sites for hydroxylation is 1. The van der Waals surface area contributed by atoms with E-state index in [0.29, 0.717) is 0 Å². The van der Waals surface area contributed by atoms with Crippen molar-refractivity contribution in [3.8, 4) is 22.3 Å². The topological polar surface area (TPSA) is 26.0 Å². The third kappa shape index (κ3) is 2.23. The van der Waals surface area contributed by atoms with E-state index in [1.165, 1.54) is 32.7 Å². The first-order valence-corrected chi connectivity index (χ1v) is 7.50. The van der Waals surface area contributed by atoms with E-state index in [9.17, 15) is 0 Å². The summed E-state index contributed by atoms with van der Waals surface area (Å²) in [7, 11) is 0. The molecule has 1 aromatic heterocycles. The van der Waals surface area contributed by atoms with Crippen LogP contribution in [0.2, 0.25) is 0 Å². The molecule has 1 heterocycles. The van der Waals surface area contributed by atoms with Crippen LogP contribution in [0.25, 0.3) is 22.3 Å². The van der Waals surface area contributed by atoms with Crippen LogP contribution in [0, 0.1) is 13.8 Å². The predicted molar refractivity (Wildman–Crippen MR) is 89.1 cm³/mol. The van der Waals surface area contributed by atoms with Crippen molar-refractivity contribution < 1.29 is 0 Å². The molecule has 2 heteroatoms. The highest BCUT2D eigenvalue weighted by atomic mass is 32.1. The van der Waals surface area contributed by atoms with E-state index >= 15 is 0 Å². The van der Waals surface area contributed by atoms with Gasteiger partial charge in [0.2, 0.25) is 0 Å². The van der Waals surface area contributed by atoms with Gasteiger partial charge in [0.05, 0.1) is 5.00 Å². The van der Waals surface area contributed by atoms with Gasteiger partial charge in [0.1, 0.15) is 0 Å². The molecule has 0 saturated carbocycles. The highest BCUT2D eigenvalue weighted by Gasteiger charge is 2.11. The second-order valence-corrected chi connectivity index (χ2v) is 6.22. The van der Waals surface area contributed by atoms with Crippen molar-refractivity contribution >= 4 is 16.3 Å². The summed E-state index contributed by atoms with van der Waals surface area (Å²) < 4.78 is 0. The molecule has 0 fully saturated rings. The van der Waals surface area contributed by atoms with Gasteiger partial charge in [-0.05, 0) is 36.1 Å². The molecule has 0 aliphatic carbocycles. The monoisotopic (exact) mass is 279 g/mol. The van der Waals surface area contributed by atoms with Crippen molar-refractivity contribution in [1.29, 1.82) is 0 Å². The summed E-state index contributed by atoms with van der Waals surface area (Å²) in [6.45, 7) is 4.26. The predicted octanol–water partition coefficient (Wildman–Crippen LogP) is 5.28. The zero-order valence-electron chi connectivity index (χ0n) is 11.7. The van der Waals surface area contributed by atoms with Crippen molar-refractivity contribution in [3.05, 3.63) is 65.0 Å². The standard InChI is InChI=1S/C18H17NS/c1-12-13(2)20-18(19)17(12)16-10-8-15(9-11-16)14-6-4-3-5-7-14/h3-11H,19H2,1-2H3. The molecule has 1 nitrogen and oxygen atoms in total. The van der Waals surface area contributed by atoms with Gasteiger partial charge in [-0.3, -0.25) is 0 Å². The molecule has 3 rings (SSSR count). The Morgan fingerprint density at radius 2 is 1.30 bits per heavy atom. The van der Waals surface area contributed by atoms with Crippen LogP contribution >= 0.6 is 11.3 Å². The lowest BCUT2D eigenvalue weighted by Crippen LogP contribution is -1.86. The smallest absolute Gasteiger partial charge is 0.0941 e. The largest absolute Gasteiger partial charge is 0.390 e. The van der Waals surface area contributed by atoms with Crippen LogP contribution in [0.1, 0.15) is 10.4 Å². The van der Waals surface area contributed by atoms with E-state index in [1.54, 1.807) is 11.3 Å². The number of hydrogen-bond acceptors (Lipinski definition) is 2. The minimum absolute atomic E-state index is 0.910. The fourth-order valence-corrected chi connectivity index (χ4v) is 3.43. The summed E-state index contributed by atoms with van der Waals surface area (Å²) in [5, 5.41) is 0.910. The number of nitrogens with two attached hydrogens (primary N) is 1. The molecule has 3 aromatic rings. The summed E-state index contributed by atoms with van der Waals surface area (Å²) in [5.74, 6) is 0. The van der Waals surface area contributed by atoms with Crippen LogP contribution in [0.15, 0.2) is 54.6 Å². The lowest BCUT2D eigenvalue weighted by molar-refractivity contribution is 1.43. The van der Waals surface area contributed by atoms with Gasteiger partial charge < -0.3 is 5.73 Å². The molecule has 0 saturated heterocycles. The quantitative estimate of drug-likeness (QED) is 0.678. The molecule has 0 aliphatic heterocycles. The summed E-state index contributed by atoms with van der Waals surface area (Å²) in [6.07, 6.45) is 0. The Morgan fingerprint density at radius 3 is 1.85 bits per heavy atom. The van der Waals surface area contributed by atoms with Crippen molar-refractivity contribution in [1.82, 2.24) is 0 Å². The molecule has 0 atom stereocenters. The van der Waals surface area contributed by atoms with Gasteiger partial charge >= 0.3 is 0 Å². The second kappa shape index (κ2) is 5.14. The molecule has 0 aliphatic rings. The Kier molecular flexibility index (Phi) is 3.33. The van der Waals surface area contributed by atoms with Crippen molar-refractivity contribution in [3.63, 3.8) is 0 Å². The van der Waals surface area contributed by atoms with Gasteiger partial charge in [0.15, 0.2) is 0 Å². The van der Waals surface area contributed by atoms with Crippen molar-refractivity contribution in [2.75, 3.05) is 5.73 Å². The molecular weight excluding hydrogens is 262 g/mol. The maximum atomic E-state index is 6.14. The lowest BCUT2D eigenvalue weighted by atomic mass is 9.99. The van der Waals surface area contributed by atoms with Crippen LogP contribution in [0.5, 0.6) is 0 Å². The van der Waals surface area contributed by atoms with Crippen LogP contribution in [0.3, 0.4) is 0 Å². The van der Waals surface area contributed by atoms with Crippen LogP contribution in [0.4, 0.5) is 5.00 Å². The molecule has 0 amide bonds. The molecule has 0 unspecified atom stereocenters. The van der Waals surface area contributed by atoms with Gasteiger partial charge in [0, 0.05) is 10.4 Å². The third-order valence-electron chi connectivity index (χ3n) is 3.69. The fourth-order valence-electron chi connectivity index (χ4n) is 2.47. The Balaban J connectivity index is 2.02. The SMILES string of the molecule is Cc1sc(N)c(-c2ccc(-c3ccccc3)cc2)c1C. The highest BCUT2D eigenvalue weighted by Crippen LogP contribution is 2.38. The van der Waals surface area contributed by atoms with E-state index in [0.717, 1.165) is 5.00 Å². The normalized spacial score (nSPS) is 10.7. The van der Waals surface area contributed by atoms with Crippen LogP contribution in [-0.4, -0.2) is 0 Å². The van der Waals surface area contributed by atoms with Gasteiger partial charge in [-0.15, -0.1) is 11.3 Å². The van der Waals surface area contributed by atoms with Crippen LogP contribution < -0.4 is 5.73 Å².